The third-order valence-electron chi connectivity index (χ3n) is 5.08. The maximum absolute atomic E-state index is 4.75. The average Bonchev–Trinajstić information content (AvgIpc) is 3.59. The molecule has 2 aromatic carbocycles. The maximum atomic E-state index is 4.75. The summed E-state index contributed by atoms with van der Waals surface area (Å²) in [5.74, 6) is 1.46. The fourth-order valence-electron chi connectivity index (χ4n) is 3.29. The number of anilines is 1. The zero-order valence-corrected chi connectivity index (χ0v) is 18.4. The Morgan fingerprint density at radius 1 is 1.20 bits per heavy atom. The first-order valence-corrected chi connectivity index (χ1v) is 11.4. The second kappa shape index (κ2) is 9.35. The van der Waals surface area contributed by atoms with Gasteiger partial charge in [-0.05, 0) is 72.8 Å². The topological polar surface area (TPSA) is 49.8 Å². The van der Waals surface area contributed by atoms with E-state index in [0.29, 0.717) is 5.92 Å². The number of fused-ring (bicyclic) bond motifs is 1. The van der Waals surface area contributed by atoms with Gasteiger partial charge in [0.25, 0.3) is 0 Å². The van der Waals surface area contributed by atoms with Gasteiger partial charge < -0.3 is 10.6 Å². The van der Waals surface area contributed by atoms with E-state index in [0.717, 1.165) is 40.1 Å². The summed E-state index contributed by atoms with van der Waals surface area (Å²) in [7, 11) is 0. The average molecular weight is 417 g/mol. The van der Waals surface area contributed by atoms with Crippen molar-refractivity contribution in [3.63, 3.8) is 0 Å². The number of allylic oxidation sites excluding steroid dienone is 2. The van der Waals surface area contributed by atoms with E-state index >= 15 is 0 Å². The standard InChI is InChI=1S/C25H28N4S/c1-4-13-26-23(20-9-10-20)14-18(3)28-24-17(2)16-27-25(29-24)30-22-12-11-19-7-5-6-8-21(19)15-22/h5-8,11-12,14-16,20,26H,3-4,9-10,13H2,1-2H3,(H,27,28,29)/b23-14-. The highest BCUT2D eigenvalue weighted by atomic mass is 32.2. The van der Waals surface area contributed by atoms with Gasteiger partial charge in [0.2, 0.25) is 0 Å². The van der Waals surface area contributed by atoms with Crippen molar-refractivity contribution in [2.45, 2.75) is 43.2 Å². The van der Waals surface area contributed by atoms with E-state index in [1.165, 1.54) is 29.3 Å². The summed E-state index contributed by atoms with van der Waals surface area (Å²) in [6, 6.07) is 14.8. The number of aromatic nitrogens is 2. The number of aryl methyl sites for hydroxylation is 1. The third kappa shape index (κ3) is 5.22. The second-order valence-corrected chi connectivity index (χ2v) is 8.79. The van der Waals surface area contributed by atoms with Crippen LogP contribution in [0.5, 0.6) is 0 Å². The normalized spacial score (nSPS) is 14.0. The van der Waals surface area contributed by atoms with E-state index in [9.17, 15) is 0 Å². The van der Waals surface area contributed by atoms with Crippen molar-refractivity contribution < 1.29 is 0 Å². The predicted octanol–water partition coefficient (Wildman–Crippen LogP) is 6.31. The molecule has 1 heterocycles. The van der Waals surface area contributed by atoms with Gasteiger partial charge in [-0.3, -0.25) is 0 Å². The smallest absolute Gasteiger partial charge is 0.194 e. The first kappa shape index (κ1) is 20.5. The van der Waals surface area contributed by atoms with Crippen LogP contribution in [0.1, 0.15) is 31.7 Å². The van der Waals surface area contributed by atoms with Crippen molar-refractivity contribution in [1.82, 2.24) is 15.3 Å². The van der Waals surface area contributed by atoms with Crippen LogP contribution in [0.2, 0.25) is 0 Å². The number of hydrogen-bond acceptors (Lipinski definition) is 5. The first-order valence-electron chi connectivity index (χ1n) is 10.5. The highest BCUT2D eigenvalue weighted by molar-refractivity contribution is 7.99. The van der Waals surface area contributed by atoms with Crippen molar-refractivity contribution in [3.8, 4) is 0 Å². The van der Waals surface area contributed by atoms with Crippen LogP contribution in [0, 0.1) is 12.8 Å². The molecule has 1 fully saturated rings. The van der Waals surface area contributed by atoms with Gasteiger partial charge in [0.05, 0.1) is 0 Å². The molecular formula is C25H28N4S. The van der Waals surface area contributed by atoms with Gasteiger partial charge in [-0.15, -0.1) is 0 Å². The van der Waals surface area contributed by atoms with Gasteiger partial charge in [0, 0.05) is 34.6 Å². The molecule has 1 saturated carbocycles. The molecule has 0 spiro atoms. The lowest BCUT2D eigenvalue weighted by Gasteiger charge is -2.13. The lowest BCUT2D eigenvalue weighted by atomic mass is 10.1. The molecule has 0 saturated heterocycles. The van der Waals surface area contributed by atoms with Gasteiger partial charge in [-0.2, -0.15) is 0 Å². The summed E-state index contributed by atoms with van der Waals surface area (Å²) >= 11 is 1.57. The van der Waals surface area contributed by atoms with Gasteiger partial charge in [0.15, 0.2) is 5.16 Å². The summed E-state index contributed by atoms with van der Waals surface area (Å²) < 4.78 is 0. The summed E-state index contributed by atoms with van der Waals surface area (Å²) in [5, 5.41) is 10.1. The summed E-state index contributed by atoms with van der Waals surface area (Å²) in [4.78, 5) is 10.4. The van der Waals surface area contributed by atoms with Crippen LogP contribution >= 0.6 is 11.8 Å². The minimum atomic E-state index is 0.653. The molecule has 0 atom stereocenters. The quantitative estimate of drug-likeness (QED) is 0.316. The number of nitrogens with one attached hydrogen (secondary N) is 2. The summed E-state index contributed by atoms with van der Waals surface area (Å²) in [6.45, 7) is 9.40. The molecule has 1 aromatic heterocycles. The number of nitrogens with zero attached hydrogens (tertiary/aromatic N) is 2. The second-order valence-electron chi connectivity index (χ2n) is 7.75. The SMILES string of the molecule is C=C(/C=C(\NCCC)C1CC1)Nc1nc(Sc2ccc3ccccc3c2)ncc1C. The van der Waals surface area contributed by atoms with Crippen LogP contribution in [0.4, 0.5) is 5.82 Å². The molecule has 154 valence electrons. The molecular weight excluding hydrogens is 388 g/mol. The van der Waals surface area contributed by atoms with Gasteiger partial charge in [-0.25, -0.2) is 9.97 Å². The molecule has 0 bridgehead atoms. The zero-order valence-electron chi connectivity index (χ0n) is 17.6. The minimum Gasteiger partial charge on any atom is -0.388 e. The molecule has 0 aliphatic heterocycles. The maximum Gasteiger partial charge on any atom is 0.194 e. The van der Waals surface area contributed by atoms with E-state index in [1.807, 2.05) is 13.1 Å². The Labute approximate surface area is 182 Å². The van der Waals surface area contributed by atoms with Gasteiger partial charge >= 0.3 is 0 Å². The van der Waals surface area contributed by atoms with Gasteiger partial charge in [-0.1, -0.05) is 43.8 Å². The van der Waals surface area contributed by atoms with E-state index in [2.05, 4.69) is 77.7 Å². The Balaban J connectivity index is 1.49. The fraction of sp³-hybridized carbons (Fsp3) is 0.280. The molecule has 30 heavy (non-hydrogen) atoms. The Morgan fingerprint density at radius 2 is 2.00 bits per heavy atom. The van der Waals surface area contributed by atoms with Crippen LogP contribution in [0.15, 0.2) is 82.8 Å². The monoisotopic (exact) mass is 416 g/mol. The minimum absolute atomic E-state index is 0.653. The van der Waals surface area contributed by atoms with Crippen LogP contribution < -0.4 is 10.6 Å². The largest absolute Gasteiger partial charge is 0.388 e. The summed E-state index contributed by atoms with van der Waals surface area (Å²) in [5.41, 5.74) is 3.14. The summed E-state index contributed by atoms with van der Waals surface area (Å²) in [6.07, 6.45) is 7.63. The van der Waals surface area contributed by atoms with E-state index in [-0.39, 0.29) is 0 Å². The fourth-order valence-corrected chi connectivity index (χ4v) is 4.07. The van der Waals surface area contributed by atoms with Crippen molar-refractivity contribution in [3.05, 3.63) is 78.3 Å². The van der Waals surface area contributed by atoms with Crippen LogP contribution in [-0.2, 0) is 0 Å². The predicted molar refractivity (Wildman–Crippen MR) is 127 cm³/mol. The van der Waals surface area contributed by atoms with Crippen molar-refractivity contribution in [2.75, 3.05) is 11.9 Å². The Kier molecular flexibility index (Phi) is 6.38. The lowest BCUT2D eigenvalue weighted by molar-refractivity contribution is 0.719. The molecule has 1 aliphatic rings. The molecule has 0 radical (unpaired) electrons. The molecule has 0 amide bonds. The molecule has 5 heteroatoms. The number of benzene rings is 2. The van der Waals surface area contributed by atoms with Crippen LogP contribution in [0.25, 0.3) is 10.8 Å². The van der Waals surface area contributed by atoms with E-state index in [4.69, 9.17) is 4.98 Å². The van der Waals surface area contributed by atoms with Crippen molar-refractivity contribution in [2.24, 2.45) is 5.92 Å². The van der Waals surface area contributed by atoms with Crippen LogP contribution in [0.3, 0.4) is 0 Å². The van der Waals surface area contributed by atoms with Crippen molar-refractivity contribution in [1.29, 1.82) is 0 Å². The van der Waals surface area contributed by atoms with Gasteiger partial charge in [0.1, 0.15) is 5.82 Å². The van der Waals surface area contributed by atoms with E-state index in [1.54, 1.807) is 11.8 Å². The number of rotatable bonds is 9. The molecule has 3 aromatic rings. The molecule has 4 nitrogen and oxygen atoms in total. The lowest BCUT2D eigenvalue weighted by Crippen LogP contribution is -2.16. The molecule has 1 aliphatic carbocycles. The zero-order chi connectivity index (χ0) is 20.9. The third-order valence-corrected chi connectivity index (χ3v) is 5.95. The Morgan fingerprint density at radius 3 is 2.77 bits per heavy atom. The highest BCUT2D eigenvalue weighted by Crippen LogP contribution is 2.35. The number of hydrogen-bond donors (Lipinski definition) is 2. The van der Waals surface area contributed by atoms with E-state index < -0.39 is 0 Å². The van der Waals surface area contributed by atoms with Crippen molar-refractivity contribution >= 4 is 28.4 Å². The molecule has 4 rings (SSSR count). The molecule has 2 N–H and O–H groups in total. The highest BCUT2D eigenvalue weighted by Gasteiger charge is 2.25. The molecule has 0 unspecified atom stereocenters. The Bertz CT molecular complexity index is 1090. The van der Waals surface area contributed by atoms with Crippen LogP contribution in [-0.4, -0.2) is 16.5 Å². The first-order chi connectivity index (χ1) is 14.6. The Hall–Kier alpha value is -2.79.